The maximum atomic E-state index is 12.6. The predicted octanol–water partition coefficient (Wildman–Crippen LogP) is 2.02. The van der Waals surface area contributed by atoms with E-state index in [4.69, 9.17) is 0 Å². The van der Waals surface area contributed by atoms with Crippen molar-refractivity contribution in [1.82, 2.24) is 8.87 Å². The fourth-order valence-corrected chi connectivity index (χ4v) is 4.30. The molecule has 0 amide bonds. The Balaban J connectivity index is 2.32. The topological polar surface area (TPSA) is 79.6 Å². The van der Waals surface area contributed by atoms with Gasteiger partial charge in [-0.15, -0.1) is 0 Å². The third kappa shape index (κ3) is 3.13. The number of carboxylic acids is 1. The lowest BCUT2D eigenvalue weighted by Crippen LogP contribution is -2.28. The van der Waals surface area contributed by atoms with Crippen molar-refractivity contribution in [2.45, 2.75) is 44.6 Å². The van der Waals surface area contributed by atoms with E-state index >= 15 is 0 Å². The highest BCUT2D eigenvalue weighted by Gasteiger charge is 2.33. The molecule has 1 atom stereocenters. The zero-order valence-corrected chi connectivity index (χ0v) is 13.3. The van der Waals surface area contributed by atoms with Gasteiger partial charge in [0, 0.05) is 25.8 Å². The van der Waals surface area contributed by atoms with Crippen LogP contribution in [0.2, 0.25) is 0 Å². The van der Waals surface area contributed by atoms with Crippen molar-refractivity contribution in [2.75, 3.05) is 13.1 Å². The summed E-state index contributed by atoms with van der Waals surface area (Å²) in [5.74, 6) is -0.700. The van der Waals surface area contributed by atoms with Crippen LogP contribution in [0.5, 0.6) is 0 Å². The van der Waals surface area contributed by atoms with Gasteiger partial charge in [-0.3, -0.25) is 0 Å². The molecule has 1 aromatic heterocycles. The van der Waals surface area contributed by atoms with Crippen molar-refractivity contribution < 1.29 is 18.3 Å². The Morgan fingerprint density at radius 2 is 2.14 bits per heavy atom. The first-order valence-electron chi connectivity index (χ1n) is 7.33. The number of rotatable bonds is 6. The number of carboxylic acid groups (broad SMARTS) is 1. The van der Waals surface area contributed by atoms with Gasteiger partial charge >= 0.3 is 5.97 Å². The largest absolute Gasteiger partial charge is 0.477 e. The number of sulfonamides is 1. The van der Waals surface area contributed by atoms with E-state index in [1.807, 2.05) is 6.92 Å². The van der Waals surface area contributed by atoms with Crippen LogP contribution >= 0.6 is 0 Å². The minimum absolute atomic E-state index is 0.0293. The lowest BCUT2D eigenvalue weighted by Gasteiger charge is -2.15. The van der Waals surface area contributed by atoms with Crippen molar-refractivity contribution in [2.24, 2.45) is 5.92 Å². The standard InChI is InChI=1S/C14H22N2O4S/c1-3-6-15-10-12(8-13(15)14(17)18)21(19,20)16-7-5-11(4-2)9-16/h8,10-11H,3-7,9H2,1-2H3,(H,17,18). The molecule has 0 aliphatic carbocycles. The molecule has 2 rings (SSSR count). The summed E-state index contributed by atoms with van der Waals surface area (Å²) in [7, 11) is -3.59. The molecule has 6 nitrogen and oxygen atoms in total. The van der Waals surface area contributed by atoms with Crippen LogP contribution in [-0.4, -0.2) is 41.5 Å². The van der Waals surface area contributed by atoms with Gasteiger partial charge < -0.3 is 9.67 Å². The summed E-state index contributed by atoms with van der Waals surface area (Å²) in [6.45, 7) is 5.52. The van der Waals surface area contributed by atoms with Crippen molar-refractivity contribution in [3.63, 3.8) is 0 Å². The SMILES string of the molecule is CCCn1cc(S(=O)(=O)N2CCC(CC)C2)cc1C(=O)O. The third-order valence-electron chi connectivity index (χ3n) is 4.02. The van der Waals surface area contributed by atoms with Crippen LogP contribution in [-0.2, 0) is 16.6 Å². The van der Waals surface area contributed by atoms with Crippen molar-refractivity contribution in [1.29, 1.82) is 0 Å². The summed E-state index contributed by atoms with van der Waals surface area (Å²) in [4.78, 5) is 11.3. The summed E-state index contributed by atoms with van der Waals surface area (Å²) >= 11 is 0. The minimum atomic E-state index is -3.59. The second-order valence-electron chi connectivity index (χ2n) is 5.49. The quantitative estimate of drug-likeness (QED) is 0.871. The first kappa shape index (κ1) is 16.0. The van der Waals surface area contributed by atoms with Crippen molar-refractivity contribution in [3.8, 4) is 0 Å². The van der Waals surface area contributed by atoms with Gasteiger partial charge in [0.1, 0.15) is 10.6 Å². The average Bonchev–Trinajstić information content (AvgIpc) is 3.05. The molecule has 0 radical (unpaired) electrons. The molecular formula is C14H22N2O4S. The van der Waals surface area contributed by atoms with Gasteiger partial charge in [0.15, 0.2) is 0 Å². The fourth-order valence-electron chi connectivity index (χ4n) is 2.73. The molecule has 1 aliphatic rings. The van der Waals surface area contributed by atoms with Crippen LogP contribution in [0.1, 0.15) is 43.6 Å². The van der Waals surface area contributed by atoms with Gasteiger partial charge in [-0.2, -0.15) is 4.31 Å². The van der Waals surface area contributed by atoms with Gasteiger partial charge in [0.2, 0.25) is 10.0 Å². The predicted molar refractivity (Wildman–Crippen MR) is 78.8 cm³/mol. The molecule has 0 saturated carbocycles. The molecule has 118 valence electrons. The number of carbonyl (C=O) groups is 1. The van der Waals surface area contributed by atoms with E-state index < -0.39 is 16.0 Å². The number of nitrogens with zero attached hydrogens (tertiary/aromatic N) is 2. The van der Waals surface area contributed by atoms with Crippen LogP contribution in [0.25, 0.3) is 0 Å². The number of aromatic carboxylic acids is 1. The molecule has 1 unspecified atom stereocenters. The Hall–Kier alpha value is -1.34. The second-order valence-corrected chi connectivity index (χ2v) is 7.42. The summed E-state index contributed by atoms with van der Waals surface area (Å²) in [5, 5.41) is 9.19. The van der Waals surface area contributed by atoms with E-state index in [0.29, 0.717) is 25.6 Å². The summed E-state index contributed by atoms with van der Waals surface area (Å²) in [5.41, 5.74) is 0.0293. The van der Waals surface area contributed by atoms with Crippen LogP contribution in [0.3, 0.4) is 0 Å². The fraction of sp³-hybridized carbons (Fsp3) is 0.643. The Morgan fingerprint density at radius 3 is 2.67 bits per heavy atom. The molecule has 1 saturated heterocycles. The van der Waals surface area contributed by atoms with Crippen molar-refractivity contribution in [3.05, 3.63) is 18.0 Å². The Labute approximate surface area is 125 Å². The van der Waals surface area contributed by atoms with Crippen molar-refractivity contribution >= 4 is 16.0 Å². The summed E-state index contributed by atoms with van der Waals surface area (Å²) in [6.07, 6.45) is 4.03. The zero-order valence-electron chi connectivity index (χ0n) is 12.4. The molecule has 7 heteroatoms. The van der Waals surface area contributed by atoms with Gasteiger partial charge in [0.25, 0.3) is 0 Å². The van der Waals surface area contributed by atoms with Crippen LogP contribution in [0.4, 0.5) is 0 Å². The van der Waals surface area contributed by atoms with Crippen LogP contribution < -0.4 is 0 Å². The highest BCUT2D eigenvalue weighted by Crippen LogP contribution is 2.27. The molecule has 21 heavy (non-hydrogen) atoms. The molecule has 0 aromatic carbocycles. The smallest absolute Gasteiger partial charge is 0.352 e. The Kier molecular flexibility index (Phi) is 4.73. The van der Waals surface area contributed by atoms with Gasteiger partial charge in [-0.05, 0) is 24.8 Å². The van der Waals surface area contributed by atoms with E-state index in [-0.39, 0.29) is 10.6 Å². The van der Waals surface area contributed by atoms with E-state index in [2.05, 4.69) is 6.92 Å². The zero-order chi connectivity index (χ0) is 15.6. The first-order chi connectivity index (χ1) is 9.90. The van der Waals surface area contributed by atoms with Gasteiger partial charge in [-0.1, -0.05) is 20.3 Å². The number of hydrogen-bond donors (Lipinski definition) is 1. The molecule has 0 spiro atoms. The van der Waals surface area contributed by atoms with Gasteiger partial charge in [0.05, 0.1) is 0 Å². The third-order valence-corrected chi connectivity index (χ3v) is 5.85. The normalized spacial score (nSPS) is 20.0. The summed E-state index contributed by atoms with van der Waals surface area (Å²) in [6, 6.07) is 1.27. The second kappa shape index (κ2) is 6.19. The monoisotopic (exact) mass is 314 g/mol. The number of aromatic nitrogens is 1. The maximum absolute atomic E-state index is 12.6. The molecule has 2 heterocycles. The highest BCUT2D eigenvalue weighted by atomic mass is 32.2. The number of hydrogen-bond acceptors (Lipinski definition) is 3. The van der Waals surface area contributed by atoms with E-state index in [1.54, 1.807) is 0 Å². The lowest BCUT2D eigenvalue weighted by atomic mass is 10.1. The molecule has 1 fully saturated rings. The Bertz CT molecular complexity index is 621. The first-order valence-corrected chi connectivity index (χ1v) is 8.77. The molecule has 1 aliphatic heterocycles. The molecular weight excluding hydrogens is 292 g/mol. The van der Waals surface area contributed by atoms with Gasteiger partial charge in [-0.25, -0.2) is 13.2 Å². The molecule has 1 aromatic rings. The minimum Gasteiger partial charge on any atom is -0.477 e. The average molecular weight is 314 g/mol. The molecule has 0 bridgehead atoms. The van der Waals surface area contributed by atoms with Crippen LogP contribution in [0, 0.1) is 5.92 Å². The maximum Gasteiger partial charge on any atom is 0.352 e. The van der Waals surface area contributed by atoms with Crippen LogP contribution in [0.15, 0.2) is 17.2 Å². The highest BCUT2D eigenvalue weighted by molar-refractivity contribution is 7.89. The van der Waals surface area contributed by atoms with E-state index in [0.717, 1.165) is 19.3 Å². The molecule has 1 N–H and O–H groups in total. The van der Waals surface area contributed by atoms with E-state index in [1.165, 1.54) is 21.1 Å². The van der Waals surface area contributed by atoms with E-state index in [9.17, 15) is 18.3 Å². The lowest BCUT2D eigenvalue weighted by molar-refractivity contribution is 0.0685. The number of aryl methyl sites for hydroxylation is 1. The Morgan fingerprint density at radius 1 is 1.43 bits per heavy atom. The summed E-state index contributed by atoms with van der Waals surface area (Å²) < 4.78 is 28.2.